The zero-order valence-electron chi connectivity index (χ0n) is 9.96. The van der Waals surface area contributed by atoms with E-state index in [1.54, 1.807) is 0 Å². The maximum absolute atomic E-state index is 11.5. The van der Waals surface area contributed by atoms with Gasteiger partial charge in [0.2, 0.25) is 0 Å². The van der Waals surface area contributed by atoms with E-state index in [4.69, 9.17) is 0 Å². The molecule has 0 saturated heterocycles. The summed E-state index contributed by atoms with van der Waals surface area (Å²) >= 11 is 3.56. The molecular formula is C12H17BrN2O. The lowest BCUT2D eigenvalue weighted by molar-refractivity contribution is -0.117. The van der Waals surface area contributed by atoms with Crippen LogP contribution in [0.4, 0.5) is 0 Å². The lowest BCUT2D eigenvalue weighted by Gasteiger charge is -2.26. The van der Waals surface area contributed by atoms with Gasteiger partial charge in [0.25, 0.3) is 0 Å². The molecule has 0 bridgehead atoms. The molecule has 1 unspecified atom stereocenters. The average molecular weight is 285 g/mol. The molecule has 1 heterocycles. The van der Waals surface area contributed by atoms with E-state index in [-0.39, 0.29) is 5.41 Å². The van der Waals surface area contributed by atoms with Crippen molar-refractivity contribution in [1.82, 2.24) is 9.78 Å². The highest BCUT2D eigenvalue weighted by atomic mass is 79.9. The fourth-order valence-corrected chi connectivity index (χ4v) is 3.28. The first-order valence-electron chi connectivity index (χ1n) is 5.69. The van der Waals surface area contributed by atoms with Crippen LogP contribution >= 0.6 is 15.9 Å². The number of hydrogen-bond donors (Lipinski definition) is 0. The Hall–Kier alpha value is -0.640. The van der Waals surface area contributed by atoms with Gasteiger partial charge in [0.15, 0.2) is 0 Å². The predicted molar refractivity (Wildman–Crippen MR) is 66.5 cm³/mol. The Morgan fingerprint density at radius 3 is 2.75 bits per heavy atom. The van der Waals surface area contributed by atoms with Crippen molar-refractivity contribution in [2.24, 2.45) is 0 Å². The van der Waals surface area contributed by atoms with Crippen LogP contribution in [0.25, 0.3) is 0 Å². The Bertz CT molecular complexity index is 425. The van der Waals surface area contributed by atoms with Gasteiger partial charge in [-0.2, -0.15) is 5.10 Å². The number of Topliss-reactive ketones (excluding diaryl/α,β-unsaturated/α-hetero) is 1. The molecule has 1 fully saturated rings. The number of carbonyl (C=O) groups excluding carboxylic acids is 1. The van der Waals surface area contributed by atoms with Crippen molar-refractivity contribution >= 4 is 21.7 Å². The van der Waals surface area contributed by atoms with E-state index in [0.29, 0.717) is 24.7 Å². The maximum atomic E-state index is 11.5. The Morgan fingerprint density at radius 1 is 1.56 bits per heavy atom. The highest BCUT2D eigenvalue weighted by Gasteiger charge is 2.39. The molecule has 1 aromatic heterocycles. The second kappa shape index (κ2) is 3.99. The summed E-state index contributed by atoms with van der Waals surface area (Å²) < 4.78 is 3.06. The molecule has 1 aromatic rings. The van der Waals surface area contributed by atoms with E-state index in [2.05, 4.69) is 41.8 Å². The van der Waals surface area contributed by atoms with Crippen molar-refractivity contribution in [3.05, 3.63) is 16.4 Å². The van der Waals surface area contributed by atoms with Crippen LogP contribution in [-0.4, -0.2) is 15.6 Å². The summed E-state index contributed by atoms with van der Waals surface area (Å²) in [5, 5.41) is 4.39. The van der Waals surface area contributed by atoms with Crippen molar-refractivity contribution in [3.63, 3.8) is 0 Å². The SMILES string of the molecule is CC(C)n1ncc(Br)c1C1(C)CCC(=O)C1. The summed E-state index contributed by atoms with van der Waals surface area (Å²) in [5.74, 6) is 0.367. The standard InChI is InChI=1S/C12H17BrN2O/c1-8(2)15-11(10(13)7-14-15)12(3)5-4-9(16)6-12/h7-8H,4-6H2,1-3H3. The third-order valence-electron chi connectivity index (χ3n) is 3.35. The molecule has 0 amide bonds. The van der Waals surface area contributed by atoms with E-state index in [9.17, 15) is 4.79 Å². The normalized spacial score (nSPS) is 25.7. The van der Waals surface area contributed by atoms with Gasteiger partial charge in [-0.05, 0) is 36.2 Å². The first kappa shape index (κ1) is 11.8. The van der Waals surface area contributed by atoms with Gasteiger partial charge in [0, 0.05) is 24.3 Å². The number of halogens is 1. The van der Waals surface area contributed by atoms with E-state index in [1.165, 1.54) is 5.69 Å². The molecule has 0 spiro atoms. The molecule has 88 valence electrons. The molecule has 0 radical (unpaired) electrons. The quantitative estimate of drug-likeness (QED) is 0.836. The molecule has 0 N–H and O–H groups in total. The van der Waals surface area contributed by atoms with Gasteiger partial charge in [-0.1, -0.05) is 6.92 Å². The Morgan fingerprint density at radius 2 is 2.25 bits per heavy atom. The van der Waals surface area contributed by atoms with Gasteiger partial charge in [-0.3, -0.25) is 9.48 Å². The van der Waals surface area contributed by atoms with Crippen molar-refractivity contribution in [3.8, 4) is 0 Å². The monoisotopic (exact) mass is 284 g/mol. The summed E-state index contributed by atoms with van der Waals surface area (Å²) in [6, 6.07) is 0.328. The van der Waals surface area contributed by atoms with Gasteiger partial charge >= 0.3 is 0 Å². The van der Waals surface area contributed by atoms with E-state index in [0.717, 1.165) is 10.9 Å². The van der Waals surface area contributed by atoms with Crippen LogP contribution in [0.5, 0.6) is 0 Å². The van der Waals surface area contributed by atoms with Crippen LogP contribution in [0.1, 0.15) is 51.8 Å². The molecule has 1 aliphatic carbocycles. The molecule has 3 nitrogen and oxygen atoms in total. The lowest BCUT2D eigenvalue weighted by atomic mass is 9.85. The topological polar surface area (TPSA) is 34.9 Å². The molecule has 4 heteroatoms. The summed E-state index contributed by atoms with van der Waals surface area (Å²) in [4.78, 5) is 11.5. The van der Waals surface area contributed by atoms with Crippen molar-refractivity contribution in [2.45, 2.75) is 51.5 Å². The van der Waals surface area contributed by atoms with Crippen LogP contribution in [0.2, 0.25) is 0 Å². The van der Waals surface area contributed by atoms with Crippen LogP contribution in [-0.2, 0) is 10.2 Å². The summed E-state index contributed by atoms with van der Waals surface area (Å²) in [6.07, 6.45) is 4.11. The molecule has 1 atom stereocenters. The Balaban J connectivity index is 2.46. The van der Waals surface area contributed by atoms with Crippen molar-refractivity contribution in [1.29, 1.82) is 0 Å². The number of aromatic nitrogens is 2. The second-order valence-corrected chi connectivity index (χ2v) is 6.01. The second-order valence-electron chi connectivity index (χ2n) is 5.16. The van der Waals surface area contributed by atoms with Crippen LogP contribution < -0.4 is 0 Å². The fraction of sp³-hybridized carbons (Fsp3) is 0.667. The zero-order valence-corrected chi connectivity index (χ0v) is 11.5. The minimum Gasteiger partial charge on any atom is -0.300 e. The van der Waals surface area contributed by atoms with Crippen LogP contribution in [0, 0.1) is 0 Å². The van der Waals surface area contributed by atoms with Crippen LogP contribution in [0.15, 0.2) is 10.7 Å². The van der Waals surface area contributed by atoms with Gasteiger partial charge in [-0.15, -0.1) is 0 Å². The predicted octanol–water partition coefficient (Wildman–Crippen LogP) is 3.24. The third-order valence-corrected chi connectivity index (χ3v) is 3.93. The molecule has 2 rings (SSSR count). The third kappa shape index (κ3) is 1.83. The molecule has 0 aliphatic heterocycles. The summed E-state index contributed by atoms with van der Waals surface area (Å²) in [7, 11) is 0. The minimum atomic E-state index is -0.0450. The molecule has 1 aliphatic rings. The molecule has 0 aromatic carbocycles. The Kier molecular flexibility index (Phi) is 2.95. The number of nitrogens with zero attached hydrogens (tertiary/aromatic N) is 2. The Labute approximate surface area is 104 Å². The summed E-state index contributed by atoms with van der Waals surface area (Å²) in [5.41, 5.74) is 1.13. The number of rotatable bonds is 2. The smallest absolute Gasteiger partial charge is 0.133 e. The largest absolute Gasteiger partial charge is 0.300 e. The van der Waals surface area contributed by atoms with E-state index in [1.807, 2.05) is 10.9 Å². The van der Waals surface area contributed by atoms with Crippen molar-refractivity contribution < 1.29 is 4.79 Å². The minimum absolute atomic E-state index is 0.0450. The molecule has 1 saturated carbocycles. The number of ketones is 1. The first-order chi connectivity index (χ1) is 7.44. The average Bonchev–Trinajstić information content (AvgIpc) is 2.71. The van der Waals surface area contributed by atoms with Gasteiger partial charge in [-0.25, -0.2) is 0 Å². The van der Waals surface area contributed by atoms with Crippen molar-refractivity contribution in [2.75, 3.05) is 0 Å². The highest BCUT2D eigenvalue weighted by Crippen LogP contribution is 2.42. The fourth-order valence-electron chi connectivity index (χ4n) is 2.53. The highest BCUT2D eigenvalue weighted by molar-refractivity contribution is 9.10. The lowest BCUT2D eigenvalue weighted by Crippen LogP contribution is -2.24. The summed E-state index contributed by atoms with van der Waals surface area (Å²) in [6.45, 7) is 6.39. The van der Waals surface area contributed by atoms with Crippen LogP contribution in [0.3, 0.4) is 0 Å². The first-order valence-corrected chi connectivity index (χ1v) is 6.48. The number of carbonyl (C=O) groups is 1. The van der Waals surface area contributed by atoms with E-state index >= 15 is 0 Å². The molecular weight excluding hydrogens is 268 g/mol. The zero-order chi connectivity index (χ0) is 11.9. The van der Waals surface area contributed by atoms with Gasteiger partial charge in [0.05, 0.1) is 16.4 Å². The maximum Gasteiger partial charge on any atom is 0.133 e. The van der Waals surface area contributed by atoms with Gasteiger partial charge in [0.1, 0.15) is 5.78 Å². The van der Waals surface area contributed by atoms with Gasteiger partial charge < -0.3 is 0 Å². The van der Waals surface area contributed by atoms with E-state index < -0.39 is 0 Å². The number of hydrogen-bond acceptors (Lipinski definition) is 2. The molecule has 16 heavy (non-hydrogen) atoms.